The number of fused-ring (bicyclic) bond motifs is 1. The third-order valence-electron chi connectivity index (χ3n) is 3.71. The van der Waals surface area contributed by atoms with E-state index in [9.17, 15) is 0 Å². The largest absolute Gasteiger partial charge is 0.487 e. The van der Waals surface area contributed by atoms with Crippen LogP contribution in [0, 0.1) is 0 Å². The van der Waals surface area contributed by atoms with Crippen molar-refractivity contribution in [3.63, 3.8) is 0 Å². The number of rotatable bonds is 10. The number of nitrogens with zero attached hydrogens (tertiary/aromatic N) is 2. The van der Waals surface area contributed by atoms with Crippen molar-refractivity contribution in [1.82, 2.24) is 9.97 Å². The van der Waals surface area contributed by atoms with Crippen LogP contribution in [0.3, 0.4) is 0 Å². The monoisotopic (exact) mass is 370 g/mol. The molecule has 142 valence electrons. The van der Waals surface area contributed by atoms with Crippen LogP contribution in [-0.2, 0) is 9.47 Å². The molecule has 2 aromatic carbocycles. The molecule has 7 heteroatoms. The molecule has 0 atom stereocenters. The molecule has 7 nitrogen and oxygen atoms in total. The second-order valence-corrected chi connectivity index (χ2v) is 5.59. The van der Waals surface area contributed by atoms with Crippen molar-refractivity contribution >= 4 is 10.9 Å². The topological polar surface area (TPSA) is 71.9 Å². The first-order chi connectivity index (χ1) is 13.3. The van der Waals surface area contributed by atoms with Gasteiger partial charge in [0.05, 0.1) is 24.1 Å². The second-order valence-electron chi connectivity index (χ2n) is 5.59. The van der Waals surface area contributed by atoms with E-state index < -0.39 is 0 Å². The van der Waals surface area contributed by atoms with Gasteiger partial charge in [0.15, 0.2) is 11.5 Å². The zero-order valence-corrected chi connectivity index (χ0v) is 15.4. The van der Waals surface area contributed by atoms with Crippen LogP contribution in [0.25, 0.3) is 10.9 Å². The smallest absolute Gasteiger partial charge is 0.230 e. The molecule has 27 heavy (non-hydrogen) atoms. The van der Waals surface area contributed by atoms with E-state index in [2.05, 4.69) is 9.97 Å². The predicted octanol–water partition coefficient (Wildman–Crippen LogP) is 3.47. The zero-order chi connectivity index (χ0) is 18.9. The van der Waals surface area contributed by atoms with Crippen LogP contribution in [-0.4, -0.2) is 50.6 Å². The number of aromatic nitrogens is 2. The Bertz CT molecular complexity index is 858. The van der Waals surface area contributed by atoms with Crippen LogP contribution in [0.5, 0.6) is 23.1 Å². The summed E-state index contributed by atoms with van der Waals surface area (Å²) in [5, 5.41) is 0.730. The molecule has 0 N–H and O–H groups in total. The van der Waals surface area contributed by atoms with Crippen molar-refractivity contribution in [2.45, 2.75) is 0 Å². The summed E-state index contributed by atoms with van der Waals surface area (Å²) in [4.78, 5) is 8.60. The van der Waals surface area contributed by atoms with Crippen LogP contribution in [0.15, 0.2) is 48.8 Å². The van der Waals surface area contributed by atoms with Crippen LogP contribution in [0.1, 0.15) is 0 Å². The lowest BCUT2D eigenvalue weighted by atomic mass is 10.2. The van der Waals surface area contributed by atoms with Crippen molar-refractivity contribution in [3.8, 4) is 23.1 Å². The van der Waals surface area contributed by atoms with Gasteiger partial charge in [-0.2, -0.15) is 0 Å². The fraction of sp³-hybridized carbons (Fsp3) is 0.300. The van der Waals surface area contributed by atoms with E-state index in [0.29, 0.717) is 55.1 Å². The standard InChI is InChI=1S/C20H22N2O5/c1-23-8-10-25-18-12-16-17(13-19(18)26-11-9-24-2)21-14-22-20(16)27-15-6-4-3-5-7-15/h3-7,12-14H,8-11H2,1-2H3. The summed E-state index contributed by atoms with van der Waals surface area (Å²) in [7, 11) is 3.25. The number of hydrogen-bond donors (Lipinski definition) is 0. The van der Waals surface area contributed by atoms with E-state index in [0.717, 1.165) is 5.39 Å². The van der Waals surface area contributed by atoms with Crippen LogP contribution in [0.4, 0.5) is 0 Å². The van der Waals surface area contributed by atoms with Gasteiger partial charge < -0.3 is 23.7 Å². The molecule has 0 radical (unpaired) electrons. The summed E-state index contributed by atoms with van der Waals surface area (Å²) in [5.74, 6) is 2.30. The molecule has 0 aliphatic heterocycles. The van der Waals surface area contributed by atoms with Crippen molar-refractivity contribution in [2.24, 2.45) is 0 Å². The average molecular weight is 370 g/mol. The molecule has 0 saturated carbocycles. The van der Waals surface area contributed by atoms with Gasteiger partial charge in [-0.25, -0.2) is 9.97 Å². The molecule has 0 aliphatic carbocycles. The predicted molar refractivity (Wildman–Crippen MR) is 101 cm³/mol. The van der Waals surface area contributed by atoms with Crippen LogP contribution in [0.2, 0.25) is 0 Å². The lowest BCUT2D eigenvalue weighted by Crippen LogP contribution is -2.08. The Morgan fingerprint density at radius 2 is 1.44 bits per heavy atom. The van der Waals surface area contributed by atoms with E-state index in [-0.39, 0.29) is 0 Å². The Hall–Kier alpha value is -2.90. The molecule has 1 heterocycles. The average Bonchev–Trinajstić information content (AvgIpc) is 2.70. The summed E-state index contributed by atoms with van der Waals surface area (Å²) in [6, 6.07) is 13.1. The fourth-order valence-electron chi connectivity index (χ4n) is 2.42. The minimum Gasteiger partial charge on any atom is -0.487 e. The first kappa shape index (κ1) is 18.9. The number of para-hydroxylation sites is 1. The number of ether oxygens (including phenoxy) is 5. The minimum absolute atomic E-state index is 0.394. The first-order valence-corrected chi connectivity index (χ1v) is 8.57. The number of methoxy groups -OCH3 is 2. The first-order valence-electron chi connectivity index (χ1n) is 8.57. The van der Waals surface area contributed by atoms with Gasteiger partial charge in [0.2, 0.25) is 5.88 Å². The van der Waals surface area contributed by atoms with Gasteiger partial charge in [-0.15, -0.1) is 0 Å². The lowest BCUT2D eigenvalue weighted by molar-refractivity contribution is 0.132. The summed E-state index contributed by atoms with van der Waals surface area (Å²) in [5.41, 5.74) is 0.697. The zero-order valence-electron chi connectivity index (χ0n) is 15.4. The second kappa shape index (κ2) is 9.70. The normalized spacial score (nSPS) is 10.7. The molecule has 3 aromatic rings. The summed E-state index contributed by atoms with van der Waals surface area (Å²) in [6.07, 6.45) is 1.46. The van der Waals surface area contributed by atoms with Gasteiger partial charge >= 0.3 is 0 Å². The highest BCUT2D eigenvalue weighted by Crippen LogP contribution is 2.36. The third kappa shape index (κ3) is 5.06. The van der Waals surface area contributed by atoms with Crippen LogP contribution < -0.4 is 14.2 Å². The maximum atomic E-state index is 5.92. The van der Waals surface area contributed by atoms with Gasteiger partial charge in [0, 0.05) is 20.3 Å². The molecular weight excluding hydrogens is 348 g/mol. The summed E-state index contributed by atoms with van der Waals surface area (Å²) >= 11 is 0. The molecule has 0 fully saturated rings. The molecule has 1 aromatic heterocycles. The highest BCUT2D eigenvalue weighted by molar-refractivity contribution is 5.87. The van der Waals surface area contributed by atoms with E-state index in [1.165, 1.54) is 6.33 Å². The van der Waals surface area contributed by atoms with Crippen molar-refractivity contribution < 1.29 is 23.7 Å². The van der Waals surface area contributed by atoms with E-state index in [1.54, 1.807) is 14.2 Å². The van der Waals surface area contributed by atoms with Crippen LogP contribution >= 0.6 is 0 Å². The van der Waals surface area contributed by atoms with Crippen molar-refractivity contribution in [3.05, 3.63) is 48.8 Å². The molecule has 0 aliphatic rings. The van der Waals surface area contributed by atoms with E-state index in [4.69, 9.17) is 23.7 Å². The Labute approximate surface area is 157 Å². The quantitative estimate of drug-likeness (QED) is 0.506. The highest BCUT2D eigenvalue weighted by atomic mass is 16.5. The summed E-state index contributed by atoms with van der Waals surface area (Å²) in [6.45, 7) is 1.74. The number of hydrogen-bond acceptors (Lipinski definition) is 7. The van der Waals surface area contributed by atoms with Crippen molar-refractivity contribution in [1.29, 1.82) is 0 Å². The summed E-state index contributed by atoms with van der Waals surface area (Å²) < 4.78 is 27.6. The third-order valence-corrected chi connectivity index (χ3v) is 3.71. The van der Waals surface area contributed by atoms with Gasteiger partial charge in [-0.05, 0) is 18.2 Å². The Balaban J connectivity index is 1.94. The maximum Gasteiger partial charge on any atom is 0.230 e. The van der Waals surface area contributed by atoms with Crippen molar-refractivity contribution in [2.75, 3.05) is 40.6 Å². The molecule has 3 rings (SSSR count). The molecule has 0 spiro atoms. The Morgan fingerprint density at radius 3 is 2.11 bits per heavy atom. The maximum absolute atomic E-state index is 5.92. The molecular formula is C20H22N2O5. The highest BCUT2D eigenvalue weighted by Gasteiger charge is 2.14. The van der Waals surface area contributed by atoms with Gasteiger partial charge in [0.25, 0.3) is 0 Å². The number of benzene rings is 2. The van der Waals surface area contributed by atoms with E-state index >= 15 is 0 Å². The molecule has 0 amide bonds. The van der Waals surface area contributed by atoms with Gasteiger partial charge in [-0.1, -0.05) is 18.2 Å². The fourth-order valence-corrected chi connectivity index (χ4v) is 2.42. The van der Waals surface area contributed by atoms with Gasteiger partial charge in [0.1, 0.15) is 25.3 Å². The lowest BCUT2D eigenvalue weighted by Gasteiger charge is -2.14. The Kier molecular flexibility index (Phi) is 6.78. The molecule has 0 bridgehead atoms. The SMILES string of the molecule is COCCOc1cc2ncnc(Oc3ccccc3)c2cc1OCCOC. The van der Waals surface area contributed by atoms with E-state index in [1.807, 2.05) is 42.5 Å². The minimum atomic E-state index is 0.394. The Morgan fingerprint density at radius 1 is 0.778 bits per heavy atom. The molecule has 0 saturated heterocycles. The molecule has 0 unspecified atom stereocenters. The van der Waals surface area contributed by atoms with Gasteiger partial charge in [-0.3, -0.25) is 0 Å².